The Labute approximate surface area is 107 Å². The summed E-state index contributed by atoms with van der Waals surface area (Å²) in [4.78, 5) is 4.33. The van der Waals surface area contributed by atoms with Crippen LogP contribution in [0.5, 0.6) is 0 Å². The molecule has 0 aliphatic rings. The van der Waals surface area contributed by atoms with Crippen molar-refractivity contribution in [2.75, 3.05) is 0 Å². The molecule has 0 unspecified atom stereocenters. The molecule has 2 rings (SSSR count). The molecule has 0 N–H and O–H groups in total. The van der Waals surface area contributed by atoms with Crippen molar-refractivity contribution in [3.63, 3.8) is 0 Å². The number of rotatable bonds is 6. The standard InChI is InChI=1S/C13H20N4O/c1-4-5-8-17-13(14-9-15-17)7-6-12-10(2)16-18-11(12)3/h9H,4-8H2,1-3H3. The van der Waals surface area contributed by atoms with E-state index >= 15 is 0 Å². The number of hydrogen-bond acceptors (Lipinski definition) is 4. The molecule has 2 aromatic rings. The van der Waals surface area contributed by atoms with Gasteiger partial charge in [0, 0.05) is 18.5 Å². The molecule has 0 fully saturated rings. The summed E-state index contributed by atoms with van der Waals surface area (Å²) in [6.45, 7) is 7.07. The van der Waals surface area contributed by atoms with Gasteiger partial charge < -0.3 is 4.52 Å². The van der Waals surface area contributed by atoms with Gasteiger partial charge in [-0.25, -0.2) is 4.98 Å². The molecular weight excluding hydrogens is 228 g/mol. The van der Waals surface area contributed by atoms with E-state index in [-0.39, 0.29) is 0 Å². The lowest BCUT2D eigenvalue weighted by Gasteiger charge is -2.04. The zero-order valence-corrected chi connectivity index (χ0v) is 11.3. The summed E-state index contributed by atoms with van der Waals surface area (Å²) in [5.41, 5.74) is 2.17. The van der Waals surface area contributed by atoms with Crippen molar-refractivity contribution in [3.05, 3.63) is 29.2 Å². The second-order valence-electron chi connectivity index (χ2n) is 4.56. The highest BCUT2D eigenvalue weighted by Crippen LogP contribution is 2.14. The first-order chi connectivity index (χ1) is 8.72. The van der Waals surface area contributed by atoms with Crippen molar-refractivity contribution in [1.29, 1.82) is 0 Å². The average Bonchev–Trinajstić information content (AvgIpc) is 2.93. The van der Waals surface area contributed by atoms with Crippen LogP contribution in [0.25, 0.3) is 0 Å². The Morgan fingerprint density at radius 2 is 2.11 bits per heavy atom. The van der Waals surface area contributed by atoms with Crippen molar-refractivity contribution in [2.45, 2.75) is 53.0 Å². The van der Waals surface area contributed by atoms with Crippen LogP contribution >= 0.6 is 0 Å². The van der Waals surface area contributed by atoms with E-state index in [4.69, 9.17) is 4.52 Å². The summed E-state index contributed by atoms with van der Waals surface area (Å²) in [5.74, 6) is 1.95. The van der Waals surface area contributed by atoms with Gasteiger partial charge in [-0.15, -0.1) is 0 Å². The normalized spacial score (nSPS) is 11.1. The summed E-state index contributed by atoms with van der Waals surface area (Å²) >= 11 is 0. The van der Waals surface area contributed by atoms with E-state index in [9.17, 15) is 0 Å². The number of hydrogen-bond donors (Lipinski definition) is 0. The second kappa shape index (κ2) is 5.80. The van der Waals surface area contributed by atoms with Gasteiger partial charge in [-0.1, -0.05) is 18.5 Å². The molecule has 0 aromatic carbocycles. The largest absolute Gasteiger partial charge is 0.361 e. The summed E-state index contributed by atoms with van der Waals surface area (Å²) in [6.07, 6.45) is 5.74. The molecule has 0 saturated heterocycles. The average molecular weight is 248 g/mol. The summed E-state index contributed by atoms with van der Waals surface area (Å²) in [6, 6.07) is 0. The second-order valence-corrected chi connectivity index (χ2v) is 4.56. The molecule has 0 atom stereocenters. The molecule has 2 aromatic heterocycles. The monoisotopic (exact) mass is 248 g/mol. The molecule has 0 saturated carbocycles. The molecule has 0 bridgehead atoms. The third kappa shape index (κ3) is 2.78. The maximum Gasteiger partial charge on any atom is 0.138 e. The molecule has 0 aliphatic carbocycles. The molecular formula is C13H20N4O. The van der Waals surface area contributed by atoms with E-state index < -0.39 is 0 Å². The van der Waals surface area contributed by atoms with E-state index in [0.29, 0.717) is 0 Å². The third-order valence-corrected chi connectivity index (χ3v) is 3.20. The topological polar surface area (TPSA) is 56.7 Å². The van der Waals surface area contributed by atoms with Crippen molar-refractivity contribution < 1.29 is 4.52 Å². The lowest BCUT2D eigenvalue weighted by Crippen LogP contribution is -2.07. The van der Waals surface area contributed by atoms with Crippen molar-refractivity contribution in [1.82, 2.24) is 19.9 Å². The van der Waals surface area contributed by atoms with Crippen molar-refractivity contribution >= 4 is 0 Å². The quantitative estimate of drug-likeness (QED) is 0.788. The Bertz CT molecular complexity index is 481. The van der Waals surface area contributed by atoms with Gasteiger partial charge in [0.1, 0.15) is 17.9 Å². The molecule has 0 spiro atoms. The maximum atomic E-state index is 5.17. The minimum Gasteiger partial charge on any atom is -0.361 e. The van der Waals surface area contributed by atoms with Gasteiger partial charge in [0.05, 0.1) is 5.69 Å². The van der Waals surface area contributed by atoms with E-state index in [1.807, 2.05) is 18.5 Å². The molecule has 98 valence electrons. The fraction of sp³-hybridized carbons (Fsp3) is 0.615. The summed E-state index contributed by atoms with van der Waals surface area (Å²) in [5, 5.41) is 8.24. The number of nitrogens with zero attached hydrogens (tertiary/aromatic N) is 4. The maximum absolute atomic E-state index is 5.17. The van der Waals surface area contributed by atoms with Crippen LogP contribution in [0.1, 0.15) is 42.6 Å². The van der Waals surface area contributed by atoms with Gasteiger partial charge in [0.25, 0.3) is 0 Å². The van der Waals surface area contributed by atoms with Crippen LogP contribution in [0.2, 0.25) is 0 Å². The third-order valence-electron chi connectivity index (χ3n) is 3.20. The Morgan fingerprint density at radius 1 is 1.28 bits per heavy atom. The summed E-state index contributed by atoms with van der Waals surface area (Å²) in [7, 11) is 0. The predicted molar refractivity (Wildman–Crippen MR) is 68.3 cm³/mol. The van der Waals surface area contributed by atoms with Crippen LogP contribution in [-0.4, -0.2) is 19.9 Å². The van der Waals surface area contributed by atoms with Gasteiger partial charge in [-0.2, -0.15) is 5.10 Å². The molecule has 18 heavy (non-hydrogen) atoms. The van der Waals surface area contributed by atoms with Gasteiger partial charge >= 0.3 is 0 Å². The minimum absolute atomic E-state index is 0.882. The van der Waals surface area contributed by atoms with Crippen LogP contribution in [0.3, 0.4) is 0 Å². The Balaban J connectivity index is 2.00. The smallest absolute Gasteiger partial charge is 0.138 e. The van der Waals surface area contributed by atoms with Crippen molar-refractivity contribution in [2.24, 2.45) is 0 Å². The van der Waals surface area contributed by atoms with E-state index in [0.717, 1.165) is 43.1 Å². The fourth-order valence-electron chi connectivity index (χ4n) is 2.07. The molecule has 5 nitrogen and oxygen atoms in total. The number of aromatic nitrogens is 4. The van der Waals surface area contributed by atoms with Crippen LogP contribution in [-0.2, 0) is 19.4 Å². The van der Waals surface area contributed by atoms with E-state index in [1.165, 1.54) is 12.0 Å². The molecule has 0 amide bonds. The van der Waals surface area contributed by atoms with Crippen LogP contribution < -0.4 is 0 Å². The zero-order valence-electron chi connectivity index (χ0n) is 11.3. The fourth-order valence-corrected chi connectivity index (χ4v) is 2.07. The predicted octanol–water partition coefficient (Wildman–Crippen LogP) is 2.47. The minimum atomic E-state index is 0.882. The first-order valence-electron chi connectivity index (χ1n) is 6.50. The van der Waals surface area contributed by atoms with Crippen LogP contribution in [0.4, 0.5) is 0 Å². The molecule has 0 aliphatic heterocycles. The highest BCUT2D eigenvalue weighted by Gasteiger charge is 2.11. The first-order valence-corrected chi connectivity index (χ1v) is 6.50. The van der Waals surface area contributed by atoms with Crippen LogP contribution in [0, 0.1) is 13.8 Å². The van der Waals surface area contributed by atoms with Crippen LogP contribution in [0.15, 0.2) is 10.9 Å². The van der Waals surface area contributed by atoms with Gasteiger partial charge in [0.2, 0.25) is 0 Å². The lowest BCUT2D eigenvalue weighted by molar-refractivity contribution is 0.392. The van der Waals surface area contributed by atoms with E-state index in [2.05, 4.69) is 22.2 Å². The first kappa shape index (κ1) is 12.8. The Morgan fingerprint density at radius 3 is 2.78 bits per heavy atom. The molecule has 2 heterocycles. The molecule has 5 heteroatoms. The van der Waals surface area contributed by atoms with Gasteiger partial charge in [-0.05, 0) is 26.7 Å². The highest BCUT2D eigenvalue weighted by atomic mass is 16.5. The Hall–Kier alpha value is -1.65. The van der Waals surface area contributed by atoms with Gasteiger partial charge in [-0.3, -0.25) is 4.68 Å². The summed E-state index contributed by atoms with van der Waals surface area (Å²) < 4.78 is 7.17. The number of unbranched alkanes of at least 4 members (excludes halogenated alkanes) is 1. The number of aryl methyl sites for hydroxylation is 4. The Kier molecular flexibility index (Phi) is 4.12. The zero-order chi connectivity index (χ0) is 13.0. The SMILES string of the molecule is CCCCn1ncnc1CCc1c(C)noc1C. The molecule has 0 radical (unpaired) electrons. The highest BCUT2D eigenvalue weighted by molar-refractivity contribution is 5.21. The van der Waals surface area contributed by atoms with E-state index in [1.54, 1.807) is 6.33 Å². The van der Waals surface area contributed by atoms with Gasteiger partial charge in [0.15, 0.2) is 0 Å². The van der Waals surface area contributed by atoms with Crippen molar-refractivity contribution in [3.8, 4) is 0 Å². The lowest BCUT2D eigenvalue weighted by atomic mass is 10.1.